The van der Waals surface area contributed by atoms with Crippen molar-refractivity contribution in [3.05, 3.63) is 47.6 Å². The molecule has 114 valence electrons. The molecule has 1 saturated heterocycles. The highest BCUT2D eigenvalue weighted by Crippen LogP contribution is 2.12. The van der Waals surface area contributed by atoms with Crippen molar-refractivity contribution in [2.45, 2.75) is 6.92 Å². The first-order valence-corrected chi connectivity index (χ1v) is 7.07. The molecule has 0 aliphatic carbocycles. The second-order valence-electron chi connectivity index (χ2n) is 5.15. The van der Waals surface area contributed by atoms with E-state index in [9.17, 15) is 9.59 Å². The molecule has 2 aromatic rings. The summed E-state index contributed by atoms with van der Waals surface area (Å²) in [5.41, 5.74) is 1.29. The number of pyridine rings is 1. The Balaban J connectivity index is 1.61. The molecule has 2 amide bonds. The van der Waals surface area contributed by atoms with Crippen molar-refractivity contribution in [3.63, 3.8) is 0 Å². The minimum absolute atomic E-state index is 0.0370. The van der Waals surface area contributed by atoms with Crippen molar-refractivity contribution in [3.8, 4) is 0 Å². The first-order chi connectivity index (χ1) is 10.6. The Kier molecular flexibility index (Phi) is 3.86. The number of hydrogen-bond donors (Lipinski definition) is 0. The highest BCUT2D eigenvalue weighted by atomic mass is 16.5. The number of carbonyl (C=O) groups is 2. The number of hydrogen-bond acceptors (Lipinski definition) is 5. The quantitative estimate of drug-likeness (QED) is 0.826. The summed E-state index contributed by atoms with van der Waals surface area (Å²) < 4.78 is 4.99. The van der Waals surface area contributed by atoms with Crippen molar-refractivity contribution in [2.75, 3.05) is 26.2 Å². The molecule has 1 aliphatic rings. The molecule has 0 aromatic carbocycles. The Morgan fingerprint density at radius 2 is 1.64 bits per heavy atom. The van der Waals surface area contributed by atoms with Gasteiger partial charge in [0.15, 0.2) is 0 Å². The summed E-state index contributed by atoms with van der Waals surface area (Å²) in [6, 6.07) is 5.01. The van der Waals surface area contributed by atoms with E-state index >= 15 is 0 Å². The minimum Gasteiger partial charge on any atom is -0.351 e. The summed E-state index contributed by atoms with van der Waals surface area (Å²) in [6.07, 6.45) is 3.19. The fraction of sp³-hybridized carbons (Fsp3) is 0.333. The Bertz CT molecular complexity index is 675. The van der Waals surface area contributed by atoms with Gasteiger partial charge in [-0.15, -0.1) is 0 Å². The van der Waals surface area contributed by atoms with Crippen molar-refractivity contribution >= 4 is 11.8 Å². The predicted molar refractivity (Wildman–Crippen MR) is 77.3 cm³/mol. The highest BCUT2D eigenvalue weighted by molar-refractivity contribution is 5.95. The third-order valence-electron chi connectivity index (χ3n) is 3.62. The van der Waals surface area contributed by atoms with Gasteiger partial charge in [0.1, 0.15) is 0 Å². The van der Waals surface area contributed by atoms with E-state index in [1.54, 1.807) is 47.3 Å². The molecule has 22 heavy (non-hydrogen) atoms. The van der Waals surface area contributed by atoms with E-state index in [4.69, 9.17) is 4.52 Å². The van der Waals surface area contributed by atoms with Crippen molar-refractivity contribution in [1.82, 2.24) is 19.9 Å². The van der Waals surface area contributed by atoms with Crippen LogP contribution in [-0.2, 0) is 0 Å². The van der Waals surface area contributed by atoms with Gasteiger partial charge in [-0.3, -0.25) is 14.6 Å². The minimum atomic E-state index is -0.184. The van der Waals surface area contributed by atoms with Crippen LogP contribution in [0.2, 0.25) is 0 Å². The van der Waals surface area contributed by atoms with Gasteiger partial charge in [-0.1, -0.05) is 5.16 Å². The maximum Gasteiger partial charge on any atom is 0.292 e. The zero-order valence-corrected chi connectivity index (χ0v) is 12.2. The summed E-state index contributed by atoms with van der Waals surface area (Å²) in [5.74, 6) is 0.0213. The van der Waals surface area contributed by atoms with E-state index in [0.29, 0.717) is 37.4 Å². The number of piperazine rings is 1. The van der Waals surface area contributed by atoms with Gasteiger partial charge < -0.3 is 14.3 Å². The molecule has 0 radical (unpaired) electrons. The van der Waals surface area contributed by atoms with Crippen LogP contribution in [0.15, 0.2) is 35.1 Å². The van der Waals surface area contributed by atoms with E-state index in [-0.39, 0.29) is 17.6 Å². The molecular weight excluding hydrogens is 284 g/mol. The summed E-state index contributed by atoms with van der Waals surface area (Å²) in [7, 11) is 0. The number of aromatic nitrogens is 2. The third-order valence-corrected chi connectivity index (χ3v) is 3.62. The lowest BCUT2D eigenvalue weighted by Gasteiger charge is -2.34. The lowest BCUT2D eigenvalue weighted by atomic mass is 10.2. The van der Waals surface area contributed by atoms with Crippen LogP contribution in [0.25, 0.3) is 0 Å². The molecule has 3 heterocycles. The molecule has 0 N–H and O–H groups in total. The molecule has 1 aliphatic heterocycles. The lowest BCUT2D eigenvalue weighted by molar-refractivity contribution is 0.0512. The largest absolute Gasteiger partial charge is 0.351 e. The number of amides is 2. The molecule has 0 spiro atoms. The van der Waals surface area contributed by atoms with E-state index in [0.717, 1.165) is 0 Å². The zero-order chi connectivity index (χ0) is 15.5. The number of rotatable bonds is 2. The van der Waals surface area contributed by atoms with Crippen LogP contribution in [0.3, 0.4) is 0 Å². The molecule has 0 atom stereocenters. The highest BCUT2D eigenvalue weighted by Gasteiger charge is 2.27. The van der Waals surface area contributed by atoms with Gasteiger partial charge in [-0.05, 0) is 19.1 Å². The van der Waals surface area contributed by atoms with Crippen LogP contribution < -0.4 is 0 Å². The summed E-state index contributed by atoms with van der Waals surface area (Å²) in [4.78, 5) is 31.9. The van der Waals surface area contributed by atoms with Gasteiger partial charge in [0.05, 0.1) is 5.69 Å². The van der Waals surface area contributed by atoms with Gasteiger partial charge in [0.2, 0.25) is 5.76 Å². The second-order valence-corrected chi connectivity index (χ2v) is 5.15. The Morgan fingerprint density at radius 1 is 1.05 bits per heavy atom. The number of nitrogens with zero attached hydrogens (tertiary/aromatic N) is 4. The first-order valence-electron chi connectivity index (χ1n) is 7.07. The molecule has 7 heteroatoms. The van der Waals surface area contributed by atoms with E-state index in [1.807, 2.05) is 0 Å². The van der Waals surface area contributed by atoms with Gasteiger partial charge in [-0.25, -0.2) is 0 Å². The van der Waals surface area contributed by atoms with E-state index < -0.39 is 0 Å². The maximum atomic E-state index is 12.3. The van der Waals surface area contributed by atoms with Crippen LogP contribution in [0.1, 0.15) is 26.6 Å². The summed E-state index contributed by atoms with van der Waals surface area (Å²) in [5, 5.41) is 3.72. The molecule has 1 fully saturated rings. The average Bonchev–Trinajstić information content (AvgIpc) is 3.01. The average molecular weight is 300 g/mol. The van der Waals surface area contributed by atoms with Gasteiger partial charge >= 0.3 is 0 Å². The topological polar surface area (TPSA) is 79.5 Å². The van der Waals surface area contributed by atoms with Crippen molar-refractivity contribution in [1.29, 1.82) is 0 Å². The second kappa shape index (κ2) is 5.97. The Hall–Kier alpha value is -2.70. The summed E-state index contributed by atoms with van der Waals surface area (Å²) in [6.45, 7) is 3.73. The lowest BCUT2D eigenvalue weighted by Crippen LogP contribution is -2.50. The molecular formula is C15H16N4O3. The zero-order valence-electron chi connectivity index (χ0n) is 12.2. The van der Waals surface area contributed by atoms with Crippen molar-refractivity contribution < 1.29 is 14.1 Å². The molecule has 0 unspecified atom stereocenters. The number of aryl methyl sites for hydroxylation is 1. The van der Waals surface area contributed by atoms with E-state index in [1.165, 1.54) is 0 Å². The van der Waals surface area contributed by atoms with Gasteiger partial charge in [0.25, 0.3) is 11.8 Å². The monoisotopic (exact) mass is 300 g/mol. The molecule has 3 rings (SSSR count). The Morgan fingerprint density at radius 3 is 2.18 bits per heavy atom. The summed E-state index contributed by atoms with van der Waals surface area (Å²) >= 11 is 0. The smallest absolute Gasteiger partial charge is 0.292 e. The van der Waals surface area contributed by atoms with Crippen LogP contribution in [0.4, 0.5) is 0 Å². The van der Waals surface area contributed by atoms with Gasteiger partial charge in [0, 0.05) is 50.2 Å². The molecule has 0 saturated carbocycles. The third kappa shape index (κ3) is 2.83. The van der Waals surface area contributed by atoms with Crippen LogP contribution >= 0.6 is 0 Å². The Labute approximate surface area is 127 Å². The molecule has 7 nitrogen and oxygen atoms in total. The predicted octanol–water partition coefficient (Wildman–Crippen LogP) is 0.976. The standard InChI is InChI=1S/C15H16N4O3/c1-11-10-13(22-17-11)15(21)19-8-6-18(7-9-19)14(20)12-2-4-16-5-3-12/h2-5,10H,6-9H2,1H3. The SMILES string of the molecule is Cc1cc(C(=O)N2CCN(C(=O)c3ccncc3)CC2)on1. The first kappa shape index (κ1) is 14.2. The molecule has 0 bridgehead atoms. The van der Waals surface area contributed by atoms with Crippen LogP contribution in [0.5, 0.6) is 0 Å². The van der Waals surface area contributed by atoms with Gasteiger partial charge in [-0.2, -0.15) is 0 Å². The molecule has 2 aromatic heterocycles. The van der Waals surface area contributed by atoms with Crippen molar-refractivity contribution in [2.24, 2.45) is 0 Å². The number of carbonyl (C=O) groups excluding carboxylic acids is 2. The normalized spacial score (nSPS) is 15.0. The van der Waals surface area contributed by atoms with Crippen LogP contribution in [-0.4, -0.2) is 57.9 Å². The fourth-order valence-electron chi connectivity index (χ4n) is 2.41. The fourth-order valence-corrected chi connectivity index (χ4v) is 2.41. The maximum absolute atomic E-state index is 12.3. The van der Waals surface area contributed by atoms with E-state index in [2.05, 4.69) is 10.1 Å². The van der Waals surface area contributed by atoms with Crippen LogP contribution in [0, 0.1) is 6.92 Å².